The van der Waals surface area contributed by atoms with Crippen LogP contribution in [-0.4, -0.2) is 65.5 Å². The SMILES string of the molecule is O=[N+]([O-])c1ccc(Cl)c(-c2ccc(/C=N\Nc3nc(N4CCCCC4)nc(N4CCOCC4)n3)o2)c1. The number of nitro benzene ring substituents is 1. The Balaban J connectivity index is 1.34. The van der Waals surface area contributed by atoms with Crippen LogP contribution in [0.15, 0.2) is 39.9 Å². The molecule has 2 aromatic heterocycles. The van der Waals surface area contributed by atoms with Gasteiger partial charge >= 0.3 is 0 Å². The Morgan fingerprint density at radius 3 is 2.44 bits per heavy atom. The van der Waals surface area contributed by atoms with Crippen molar-refractivity contribution in [3.05, 3.63) is 51.2 Å². The molecule has 0 atom stereocenters. The predicted molar refractivity (Wildman–Crippen MR) is 136 cm³/mol. The monoisotopic (exact) mass is 512 g/mol. The van der Waals surface area contributed by atoms with E-state index in [-0.39, 0.29) is 5.69 Å². The van der Waals surface area contributed by atoms with E-state index in [0.29, 0.717) is 66.3 Å². The summed E-state index contributed by atoms with van der Waals surface area (Å²) < 4.78 is 11.2. The zero-order valence-electron chi connectivity index (χ0n) is 19.5. The normalized spacial score (nSPS) is 16.5. The number of furan rings is 1. The fourth-order valence-corrected chi connectivity index (χ4v) is 4.29. The van der Waals surface area contributed by atoms with Crippen molar-refractivity contribution < 1.29 is 14.1 Å². The molecule has 1 aromatic carbocycles. The molecule has 2 saturated heterocycles. The molecule has 1 N–H and O–H groups in total. The Hall–Kier alpha value is -3.77. The second-order valence-electron chi connectivity index (χ2n) is 8.40. The lowest BCUT2D eigenvalue weighted by Crippen LogP contribution is -2.38. The zero-order chi connectivity index (χ0) is 24.9. The van der Waals surface area contributed by atoms with E-state index >= 15 is 0 Å². The predicted octanol–water partition coefficient (Wildman–Crippen LogP) is 3.97. The molecular weight excluding hydrogens is 488 g/mol. The quantitative estimate of drug-likeness (QED) is 0.281. The van der Waals surface area contributed by atoms with Gasteiger partial charge in [-0.15, -0.1) is 0 Å². The summed E-state index contributed by atoms with van der Waals surface area (Å²) in [5.41, 5.74) is 3.24. The summed E-state index contributed by atoms with van der Waals surface area (Å²) in [5, 5.41) is 15.7. The van der Waals surface area contributed by atoms with Crippen LogP contribution in [0.2, 0.25) is 5.02 Å². The average Bonchev–Trinajstić information content (AvgIpc) is 3.38. The van der Waals surface area contributed by atoms with E-state index < -0.39 is 4.92 Å². The van der Waals surface area contributed by atoms with E-state index in [1.807, 2.05) is 0 Å². The minimum absolute atomic E-state index is 0.0712. The third kappa shape index (κ3) is 5.55. The number of anilines is 3. The number of halogens is 1. The number of nitrogens with zero attached hydrogens (tertiary/aromatic N) is 7. The minimum Gasteiger partial charge on any atom is -0.455 e. The number of hydrogen-bond acceptors (Lipinski definition) is 11. The summed E-state index contributed by atoms with van der Waals surface area (Å²) >= 11 is 6.22. The van der Waals surface area contributed by atoms with E-state index in [1.54, 1.807) is 12.1 Å². The Morgan fingerprint density at radius 2 is 1.72 bits per heavy atom. The lowest BCUT2D eigenvalue weighted by molar-refractivity contribution is -0.384. The number of rotatable bonds is 7. The molecule has 2 aliphatic rings. The summed E-state index contributed by atoms with van der Waals surface area (Å²) in [6.07, 6.45) is 4.90. The molecule has 12 nitrogen and oxygen atoms in total. The number of nitro groups is 1. The van der Waals surface area contributed by atoms with Crippen molar-refractivity contribution in [1.29, 1.82) is 0 Å². The van der Waals surface area contributed by atoms with Crippen molar-refractivity contribution in [2.24, 2.45) is 5.10 Å². The number of ether oxygens (including phenoxy) is 1. The second-order valence-corrected chi connectivity index (χ2v) is 8.81. The highest BCUT2D eigenvalue weighted by Crippen LogP contribution is 2.32. The maximum absolute atomic E-state index is 11.1. The van der Waals surface area contributed by atoms with Gasteiger partial charge in [-0.2, -0.15) is 20.1 Å². The largest absolute Gasteiger partial charge is 0.455 e. The molecule has 2 aliphatic heterocycles. The lowest BCUT2D eigenvalue weighted by Gasteiger charge is -2.30. The average molecular weight is 513 g/mol. The van der Waals surface area contributed by atoms with Crippen LogP contribution >= 0.6 is 11.6 Å². The lowest BCUT2D eigenvalue weighted by atomic mass is 10.1. The van der Waals surface area contributed by atoms with Crippen LogP contribution in [-0.2, 0) is 4.74 Å². The number of non-ortho nitro benzene ring substituents is 1. The highest BCUT2D eigenvalue weighted by molar-refractivity contribution is 6.33. The summed E-state index contributed by atoms with van der Waals surface area (Å²) in [4.78, 5) is 28.7. The van der Waals surface area contributed by atoms with Crippen molar-refractivity contribution in [2.75, 3.05) is 54.6 Å². The Bertz CT molecular complexity index is 1220. The summed E-state index contributed by atoms with van der Waals surface area (Å²) in [7, 11) is 0. The highest BCUT2D eigenvalue weighted by Gasteiger charge is 2.20. The van der Waals surface area contributed by atoms with Gasteiger partial charge in [0.05, 0.1) is 29.4 Å². The number of hydrazone groups is 1. The molecule has 188 valence electrons. The van der Waals surface area contributed by atoms with Crippen LogP contribution < -0.4 is 15.2 Å². The van der Waals surface area contributed by atoms with E-state index in [0.717, 1.165) is 25.9 Å². The minimum atomic E-state index is -0.479. The molecule has 0 amide bonds. The first-order chi connectivity index (χ1) is 17.6. The van der Waals surface area contributed by atoms with Gasteiger partial charge in [0.1, 0.15) is 11.5 Å². The van der Waals surface area contributed by atoms with Crippen LogP contribution in [0.5, 0.6) is 0 Å². The molecule has 5 rings (SSSR count). The Kier molecular flexibility index (Phi) is 7.23. The van der Waals surface area contributed by atoms with Gasteiger partial charge in [0.25, 0.3) is 5.69 Å². The molecule has 4 heterocycles. The molecule has 13 heteroatoms. The van der Waals surface area contributed by atoms with Crippen molar-refractivity contribution in [1.82, 2.24) is 15.0 Å². The first kappa shape index (κ1) is 23.9. The third-order valence-electron chi connectivity index (χ3n) is 5.95. The Labute approximate surface area is 212 Å². The number of piperidine rings is 1. The van der Waals surface area contributed by atoms with Gasteiger partial charge in [-0.05, 0) is 37.5 Å². The number of benzene rings is 1. The highest BCUT2D eigenvalue weighted by atomic mass is 35.5. The number of aromatic nitrogens is 3. The molecule has 0 aliphatic carbocycles. The van der Waals surface area contributed by atoms with Crippen molar-refractivity contribution in [3.8, 4) is 11.3 Å². The number of hydrogen-bond donors (Lipinski definition) is 1. The van der Waals surface area contributed by atoms with Crippen LogP contribution in [0.25, 0.3) is 11.3 Å². The molecule has 3 aromatic rings. The molecule has 0 spiro atoms. The van der Waals surface area contributed by atoms with Gasteiger partial charge in [0, 0.05) is 43.9 Å². The molecule has 0 saturated carbocycles. The summed E-state index contributed by atoms with van der Waals surface area (Å²) in [6, 6.07) is 7.57. The molecule has 0 unspecified atom stereocenters. The summed E-state index contributed by atoms with van der Waals surface area (Å²) in [6.45, 7) is 4.49. The van der Waals surface area contributed by atoms with Crippen molar-refractivity contribution >= 4 is 41.3 Å². The Morgan fingerprint density at radius 1 is 1.00 bits per heavy atom. The van der Waals surface area contributed by atoms with E-state index in [2.05, 4.69) is 30.3 Å². The van der Waals surface area contributed by atoms with Gasteiger partial charge < -0.3 is 19.0 Å². The maximum Gasteiger partial charge on any atom is 0.270 e. The van der Waals surface area contributed by atoms with E-state index in [1.165, 1.54) is 30.8 Å². The van der Waals surface area contributed by atoms with E-state index in [4.69, 9.17) is 25.7 Å². The van der Waals surface area contributed by atoms with Gasteiger partial charge in [0.15, 0.2) is 0 Å². The second kappa shape index (κ2) is 10.9. The number of morpholine rings is 1. The zero-order valence-corrected chi connectivity index (χ0v) is 20.2. The standard InChI is InChI=1S/C23H25ClN8O4/c24-19-6-4-16(32(33)34)14-18(19)20-7-5-17(36-20)15-25-29-21-26-22(30-8-2-1-3-9-30)28-23(27-21)31-10-12-35-13-11-31/h4-7,14-15H,1-3,8-13H2,(H,26,27,28,29)/b25-15-. The van der Waals surface area contributed by atoms with E-state index in [9.17, 15) is 10.1 Å². The summed E-state index contributed by atoms with van der Waals surface area (Å²) in [5.74, 6) is 2.37. The number of nitrogens with one attached hydrogen (secondary N) is 1. The van der Waals surface area contributed by atoms with Gasteiger partial charge in [-0.25, -0.2) is 5.43 Å². The van der Waals surface area contributed by atoms with Crippen LogP contribution in [0.1, 0.15) is 25.0 Å². The molecule has 2 fully saturated rings. The first-order valence-electron chi connectivity index (χ1n) is 11.7. The third-order valence-corrected chi connectivity index (χ3v) is 6.28. The van der Waals surface area contributed by atoms with Gasteiger partial charge in [-0.1, -0.05) is 11.6 Å². The van der Waals surface area contributed by atoms with Crippen LogP contribution in [0, 0.1) is 10.1 Å². The first-order valence-corrected chi connectivity index (χ1v) is 12.1. The molecule has 0 radical (unpaired) electrons. The fraction of sp³-hybridized carbons (Fsp3) is 0.391. The molecule has 0 bridgehead atoms. The molecular formula is C23H25ClN8O4. The van der Waals surface area contributed by atoms with Gasteiger partial charge in [-0.3, -0.25) is 10.1 Å². The van der Waals surface area contributed by atoms with Crippen LogP contribution in [0.3, 0.4) is 0 Å². The van der Waals surface area contributed by atoms with Crippen molar-refractivity contribution in [3.63, 3.8) is 0 Å². The molecule has 36 heavy (non-hydrogen) atoms. The van der Waals surface area contributed by atoms with Crippen molar-refractivity contribution in [2.45, 2.75) is 19.3 Å². The smallest absolute Gasteiger partial charge is 0.270 e. The van der Waals surface area contributed by atoms with Crippen LogP contribution in [0.4, 0.5) is 23.5 Å². The fourth-order valence-electron chi connectivity index (χ4n) is 4.08. The van der Waals surface area contributed by atoms with Gasteiger partial charge in [0.2, 0.25) is 17.8 Å². The maximum atomic E-state index is 11.1. The topological polar surface area (TPSA) is 135 Å².